The van der Waals surface area contributed by atoms with E-state index in [1.165, 1.54) is 31.3 Å². The SMILES string of the molecule is CCNC(=NCCC1=CCOCC1)NC1CCC(C(C)C)CC1. The highest BCUT2D eigenvalue weighted by atomic mass is 16.5. The van der Waals surface area contributed by atoms with E-state index in [-0.39, 0.29) is 0 Å². The van der Waals surface area contributed by atoms with E-state index in [2.05, 4.69) is 37.5 Å². The zero-order valence-corrected chi connectivity index (χ0v) is 15.2. The van der Waals surface area contributed by atoms with Gasteiger partial charge in [-0.3, -0.25) is 4.99 Å². The maximum Gasteiger partial charge on any atom is 0.191 e. The first kappa shape index (κ1) is 18.3. The quantitative estimate of drug-likeness (QED) is 0.447. The van der Waals surface area contributed by atoms with Crippen LogP contribution in [0.2, 0.25) is 0 Å². The van der Waals surface area contributed by atoms with Crippen molar-refractivity contribution in [3.05, 3.63) is 11.6 Å². The van der Waals surface area contributed by atoms with Crippen molar-refractivity contribution in [1.82, 2.24) is 10.6 Å². The minimum absolute atomic E-state index is 0.588. The van der Waals surface area contributed by atoms with Crippen molar-refractivity contribution in [3.63, 3.8) is 0 Å². The number of aliphatic imine (C=N–C) groups is 1. The molecular weight excluding hydrogens is 286 g/mol. The summed E-state index contributed by atoms with van der Waals surface area (Å²) < 4.78 is 5.35. The molecular formula is C19H35N3O. The van der Waals surface area contributed by atoms with Crippen molar-refractivity contribution in [1.29, 1.82) is 0 Å². The molecule has 0 bridgehead atoms. The second kappa shape index (κ2) is 9.96. The monoisotopic (exact) mass is 321 g/mol. The highest BCUT2D eigenvalue weighted by molar-refractivity contribution is 5.80. The molecule has 0 radical (unpaired) electrons. The fourth-order valence-electron chi connectivity index (χ4n) is 3.55. The number of hydrogen-bond donors (Lipinski definition) is 2. The Balaban J connectivity index is 1.76. The van der Waals surface area contributed by atoms with E-state index in [1.807, 2.05) is 0 Å². The summed E-state index contributed by atoms with van der Waals surface area (Å²) in [5.41, 5.74) is 1.49. The predicted molar refractivity (Wildman–Crippen MR) is 97.8 cm³/mol. The van der Waals surface area contributed by atoms with Crippen LogP contribution < -0.4 is 10.6 Å². The van der Waals surface area contributed by atoms with E-state index in [4.69, 9.17) is 9.73 Å². The molecule has 0 aromatic heterocycles. The van der Waals surface area contributed by atoms with Gasteiger partial charge >= 0.3 is 0 Å². The van der Waals surface area contributed by atoms with Crippen LogP contribution >= 0.6 is 0 Å². The summed E-state index contributed by atoms with van der Waals surface area (Å²) in [7, 11) is 0. The molecule has 2 rings (SSSR count). The summed E-state index contributed by atoms with van der Waals surface area (Å²) in [5, 5.41) is 7.05. The van der Waals surface area contributed by atoms with Gasteiger partial charge in [0, 0.05) is 19.1 Å². The van der Waals surface area contributed by atoms with Gasteiger partial charge in [0.25, 0.3) is 0 Å². The van der Waals surface area contributed by atoms with Crippen LogP contribution in [0.1, 0.15) is 59.3 Å². The van der Waals surface area contributed by atoms with E-state index in [0.29, 0.717) is 6.04 Å². The zero-order chi connectivity index (χ0) is 16.5. The van der Waals surface area contributed by atoms with Crippen LogP contribution in [0, 0.1) is 11.8 Å². The average molecular weight is 322 g/mol. The molecule has 0 unspecified atom stereocenters. The molecule has 23 heavy (non-hydrogen) atoms. The Morgan fingerprint density at radius 2 is 2.09 bits per heavy atom. The molecule has 1 aliphatic carbocycles. The molecule has 0 aromatic rings. The third kappa shape index (κ3) is 6.54. The minimum Gasteiger partial charge on any atom is -0.377 e. The van der Waals surface area contributed by atoms with Gasteiger partial charge in [-0.2, -0.15) is 0 Å². The van der Waals surface area contributed by atoms with Crippen molar-refractivity contribution in [2.24, 2.45) is 16.8 Å². The third-order valence-electron chi connectivity index (χ3n) is 5.16. The number of ether oxygens (including phenoxy) is 1. The molecule has 4 nitrogen and oxygen atoms in total. The van der Waals surface area contributed by atoms with Crippen molar-refractivity contribution in [2.45, 2.75) is 65.3 Å². The number of guanidine groups is 1. The van der Waals surface area contributed by atoms with Crippen LogP contribution in [0.5, 0.6) is 0 Å². The lowest BCUT2D eigenvalue weighted by molar-refractivity contribution is 0.153. The molecule has 1 heterocycles. The Morgan fingerprint density at radius 1 is 1.30 bits per heavy atom. The fourth-order valence-corrected chi connectivity index (χ4v) is 3.55. The Hall–Kier alpha value is -1.03. The Morgan fingerprint density at radius 3 is 2.70 bits per heavy atom. The second-order valence-electron chi connectivity index (χ2n) is 7.20. The lowest BCUT2D eigenvalue weighted by atomic mass is 9.80. The molecule has 132 valence electrons. The van der Waals surface area contributed by atoms with E-state index in [0.717, 1.165) is 56.9 Å². The zero-order valence-electron chi connectivity index (χ0n) is 15.2. The normalized spacial score (nSPS) is 26.1. The molecule has 0 spiro atoms. The maximum atomic E-state index is 5.35. The molecule has 0 atom stereocenters. The van der Waals surface area contributed by atoms with E-state index < -0.39 is 0 Å². The van der Waals surface area contributed by atoms with Gasteiger partial charge in [0.1, 0.15) is 0 Å². The van der Waals surface area contributed by atoms with Crippen LogP contribution in [0.4, 0.5) is 0 Å². The summed E-state index contributed by atoms with van der Waals surface area (Å²) in [6, 6.07) is 0.588. The third-order valence-corrected chi connectivity index (χ3v) is 5.16. The highest BCUT2D eigenvalue weighted by Crippen LogP contribution is 2.29. The average Bonchev–Trinajstić information content (AvgIpc) is 2.56. The number of hydrogen-bond acceptors (Lipinski definition) is 2. The van der Waals surface area contributed by atoms with Crippen LogP contribution in [-0.4, -0.2) is 38.3 Å². The molecule has 1 fully saturated rings. The summed E-state index contributed by atoms with van der Waals surface area (Å²) in [4.78, 5) is 4.77. The summed E-state index contributed by atoms with van der Waals surface area (Å²) in [5.74, 6) is 2.73. The number of nitrogens with zero attached hydrogens (tertiary/aromatic N) is 1. The lowest BCUT2D eigenvalue weighted by Gasteiger charge is -2.32. The molecule has 2 aliphatic rings. The van der Waals surface area contributed by atoms with E-state index in [9.17, 15) is 0 Å². The Kier molecular flexibility index (Phi) is 7.93. The molecule has 0 saturated heterocycles. The second-order valence-corrected chi connectivity index (χ2v) is 7.20. The largest absolute Gasteiger partial charge is 0.377 e. The van der Waals surface area contributed by atoms with Crippen LogP contribution in [-0.2, 0) is 4.74 Å². The fraction of sp³-hybridized carbons (Fsp3) is 0.842. The predicted octanol–water partition coefficient (Wildman–Crippen LogP) is 3.49. The van der Waals surface area contributed by atoms with Crippen LogP contribution in [0.3, 0.4) is 0 Å². The van der Waals surface area contributed by atoms with Gasteiger partial charge in [-0.1, -0.05) is 25.5 Å². The summed E-state index contributed by atoms with van der Waals surface area (Å²) in [6.07, 6.45) is 9.58. The van der Waals surface area contributed by atoms with Crippen molar-refractivity contribution < 1.29 is 4.74 Å². The Bertz CT molecular complexity index is 395. The van der Waals surface area contributed by atoms with Gasteiger partial charge in [0.05, 0.1) is 13.2 Å². The number of nitrogens with one attached hydrogen (secondary N) is 2. The maximum absolute atomic E-state index is 5.35. The van der Waals surface area contributed by atoms with Crippen molar-refractivity contribution in [2.75, 3.05) is 26.3 Å². The van der Waals surface area contributed by atoms with Gasteiger partial charge < -0.3 is 15.4 Å². The standard InChI is InChI=1S/C19H35N3O/c1-4-20-19(21-12-9-16-10-13-23-14-11-16)22-18-7-5-17(6-8-18)15(2)3/h10,15,17-18H,4-9,11-14H2,1-3H3,(H2,20,21,22). The molecule has 0 amide bonds. The van der Waals surface area contributed by atoms with Gasteiger partial charge in [-0.15, -0.1) is 0 Å². The Labute approximate surface area is 142 Å². The lowest BCUT2D eigenvalue weighted by Crippen LogP contribution is -2.45. The number of rotatable bonds is 6. The van der Waals surface area contributed by atoms with E-state index in [1.54, 1.807) is 0 Å². The van der Waals surface area contributed by atoms with E-state index >= 15 is 0 Å². The first-order chi connectivity index (χ1) is 11.2. The molecule has 0 aromatic carbocycles. The smallest absolute Gasteiger partial charge is 0.191 e. The summed E-state index contributed by atoms with van der Waals surface area (Å²) >= 11 is 0. The molecule has 4 heteroatoms. The van der Waals surface area contributed by atoms with Crippen molar-refractivity contribution >= 4 is 5.96 Å². The van der Waals surface area contributed by atoms with Gasteiger partial charge in [-0.05, 0) is 57.3 Å². The summed E-state index contributed by atoms with van der Waals surface area (Å²) in [6.45, 7) is 10.3. The molecule has 1 saturated carbocycles. The molecule has 1 aliphatic heterocycles. The van der Waals surface area contributed by atoms with Crippen molar-refractivity contribution in [3.8, 4) is 0 Å². The van der Waals surface area contributed by atoms with Crippen LogP contribution in [0.15, 0.2) is 16.6 Å². The first-order valence-corrected chi connectivity index (χ1v) is 9.49. The highest BCUT2D eigenvalue weighted by Gasteiger charge is 2.23. The first-order valence-electron chi connectivity index (χ1n) is 9.49. The van der Waals surface area contributed by atoms with Gasteiger partial charge in [-0.25, -0.2) is 0 Å². The minimum atomic E-state index is 0.588. The topological polar surface area (TPSA) is 45.7 Å². The van der Waals surface area contributed by atoms with Gasteiger partial charge in [0.2, 0.25) is 0 Å². The van der Waals surface area contributed by atoms with Crippen LogP contribution in [0.25, 0.3) is 0 Å². The van der Waals surface area contributed by atoms with Gasteiger partial charge in [0.15, 0.2) is 5.96 Å². The molecule has 2 N–H and O–H groups in total.